The standard InChI is InChI=1S/C10H17NO2/c1-8-11(4-3-5-13-8)9-6-10(2,12)7-9/h9,12H,1,3-7H2,2H3. The van der Waals surface area contributed by atoms with E-state index in [2.05, 4.69) is 11.5 Å². The van der Waals surface area contributed by atoms with Gasteiger partial charge in [-0.15, -0.1) is 0 Å². The smallest absolute Gasteiger partial charge is 0.182 e. The minimum Gasteiger partial charge on any atom is -0.479 e. The number of aliphatic hydroxyl groups is 1. The average molecular weight is 183 g/mol. The van der Waals surface area contributed by atoms with E-state index in [0.29, 0.717) is 6.04 Å². The van der Waals surface area contributed by atoms with Crippen LogP contribution in [0, 0.1) is 0 Å². The second-order valence-corrected chi connectivity index (χ2v) is 4.35. The summed E-state index contributed by atoms with van der Waals surface area (Å²) in [5, 5.41) is 9.60. The molecule has 0 radical (unpaired) electrons. The van der Waals surface area contributed by atoms with Crippen LogP contribution in [0.2, 0.25) is 0 Å². The lowest BCUT2D eigenvalue weighted by Gasteiger charge is -2.49. The van der Waals surface area contributed by atoms with Crippen LogP contribution in [-0.2, 0) is 4.74 Å². The lowest BCUT2D eigenvalue weighted by molar-refractivity contribution is -0.0927. The van der Waals surface area contributed by atoms with Crippen molar-refractivity contribution in [2.75, 3.05) is 13.2 Å². The zero-order chi connectivity index (χ0) is 9.47. The Balaban J connectivity index is 1.91. The number of ether oxygens (including phenoxy) is 1. The van der Waals surface area contributed by atoms with Gasteiger partial charge in [-0.25, -0.2) is 0 Å². The summed E-state index contributed by atoms with van der Waals surface area (Å²) < 4.78 is 5.37. The molecule has 74 valence electrons. The van der Waals surface area contributed by atoms with E-state index in [9.17, 15) is 5.11 Å². The summed E-state index contributed by atoms with van der Waals surface area (Å²) >= 11 is 0. The van der Waals surface area contributed by atoms with Gasteiger partial charge in [-0.2, -0.15) is 0 Å². The van der Waals surface area contributed by atoms with Crippen molar-refractivity contribution in [2.45, 2.75) is 37.8 Å². The molecule has 2 aliphatic rings. The Morgan fingerprint density at radius 1 is 1.62 bits per heavy atom. The molecule has 0 aromatic carbocycles. The second-order valence-electron chi connectivity index (χ2n) is 4.35. The van der Waals surface area contributed by atoms with Gasteiger partial charge in [-0.1, -0.05) is 0 Å². The van der Waals surface area contributed by atoms with E-state index in [-0.39, 0.29) is 0 Å². The van der Waals surface area contributed by atoms with Crippen LogP contribution in [0.25, 0.3) is 0 Å². The highest BCUT2D eigenvalue weighted by Gasteiger charge is 2.42. The highest BCUT2D eigenvalue weighted by Crippen LogP contribution is 2.37. The molecule has 1 saturated carbocycles. The Kier molecular flexibility index (Phi) is 1.99. The van der Waals surface area contributed by atoms with E-state index in [4.69, 9.17) is 4.74 Å². The third-order valence-electron chi connectivity index (χ3n) is 2.92. The van der Waals surface area contributed by atoms with Crippen LogP contribution >= 0.6 is 0 Å². The lowest BCUT2D eigenvalue weighted by atomic mass is 9.76. The molecule has 0 aromatic rings. The molecule has 2 fully saturated rings. The zero-order valence-corrected chi connectivity index (χ0v) is 8.12. The van der Waals surface area contributed by atoms with Crippen LogP contribution < -0.4 is 0 Å². The van der Waals surface area contributed by atoms with Gasteiger partial charge in [0.15, 0.2) is 5.88 Å². The molecule has 3 nitrogen and oxygen atoms in total. The van der Waals surface area contributed by atoms with Crippen LogP contribution in [0.3, 0.4) is 0 Å². The quantitative estimate of drug-likeness (QED) is 0.660. The van der Waals surface area contributed by atoms with E-state index in [1.165, 1.54) is 0 Å². The molecule has 0 amide bonds. The SMILES string of the molecule is C=C1OCCCN1C1CC(C)(O)C1. The fourth-order valence-corrected chi connectivity index (χ4v) is 2.19. The Morgan fingerprint density at radius 3 is 2.85 bits per heavy atom. The molecule has 1 aliphatic heterocycles. The molecular formula is C10H17NO2. The van der Waals surface area contributed by atoms with Crippen molar-refractivity contribution < 1.29 is 9.84 Å². The maximum atomic E-state index is 9.60. The zero-order valence-electron chi connectivity index (χ0n) is 8.12. The number of nitrogens with zero attached hydrogens (tertiary/aromatic N) is 1. The first kappa shape index (κ1) is 8.88. The van der Waals surface area contributed by atoms with E-state index < -0.39 is 5.60 Å². The van der Waals surface area contributed by atoms with Gasteiger partial charge >= 0.3 is 0 Å². The van der Waals surface area contributed by atoms with Crippen LogP contribution in [0.15, 0.2) is 12.5 Å². The number of hydrogen-bond donors (Lipinski definition) is 1. The first-order chi connectivity index (χ1) is 6.08. The number of hydrogen-bond acceptors (Lipinski definition) is 3. The summed E-state index contributed by atoms with van der Waals surface area (Å²) in [6, 6.07) is 0.447. The first-order valence-corrected chi connectivity index (χ1v) is 4.89. The number of rotatable bonds is 1. The highest BCUT2D eigenvalue weighted by atomic mass is 16.5. The molecule has 0 bridgehead atoms. The Labute approximate surface area is 79.0 Å². The average Bonchev–Trinajstić information content (AvgIpc) is 2.01. The predicted molar refractivity (Wildman–Crippen MR) is 50.1 cm³/mol. The summed E-state index contributed by atoms with van der Waals surface area (Å²) in [6.45, 7) is 7.57. The molecule has 3 heteroatoms. The third-order valence-corrected chi connectivity index (χ3v) is 2.92. The van der Waals surface area contributed by atoms with Gasteiger partial charge in [0.05, 0.1) is 12.2 Å². The predicted octanol–water partition coefficient (Wildman–Crippen LogP) is 1.09. The van der Waals surface area contributed by atoms with Crippen molar-refractivity contribution in [3.63, 3.8) is 0 Å². The molecule has 1 heterocycles. The third kappa shape index (κ3) is 1.66. The van der Waals surface area contributed by atoms with Gasteiger partial charge in [0.1, 0.15) is 0 Å². The van der Waals surface area contributed by atoms with E-state index >= 15 is 0 Å². The van der Waals surface area contributed by atoms with Crippen LogP contribution in [0.1, 0.15) is 26.2 Å². The largest absolute Gasteiger partial charge is 0.479 e. The topological polar surface area (TPSA) is 32.7 Å². The maximum absolute atomic E-state index is 9.60. The van der Waals surface area contributed by atoms with Crippen molar-refractivity contribution in [1.29, 1.82) is 0 Å². The minimum atomic E-state index is -0.456. The van der Waals surface area contributed by atoms with Gasteiger partial charge in [-0.05, 0) is 32.8 Å². The fraction of sp³-hybridized carbons (Fsp3) is 0.800. The summed E-state index contributed by atoms with van der Waals surface area (Å²) in [5.74, 6) is 0.784. The fourth-order valence-electron chi connectivity index (χ4n) is 2.19. The molecular weight excluding hydrogens is 166 g/mol. The Hall–Kier alpha value is -0.700. The van der Waals surface area contributed by atoms with Gasteiger partial charge in [-0.3, -0.25) is 0 Å². The molecule has 0 spiro atoms. The monoisotopic (exact) mass is 183 g/mol. The normalized spacial score (nSPS) is 39.7. The molecule has 0 atom stereocenters. The van der Waals surface area contributed by atoms with E-state index in [1.807, 2.05) is 6.92 Å². The maximum Gasteiger partial charge on any atom is 0.182 e. The molecule has 2 rings (SSSR count). The summed E-state index contributed by atoms with van der Waals surface area (Å²) in [7, 11) is 0. The molecule has 13 heavy (non-hydrogen) atoms. The van der Waals surface area contributed by atoms with Crippen molar-refractivity contribution in [3.05, 3.63) is 12.5 Å². The Bertz CT molecular complexity index is 217. The molecule has 1 saturated heterocycles. The minimum absolute atomic E-state index is 0.447. The van der Waals surface area contributed by atoms with E-state index in [1.54, 1.807) is 0 Å². The van der Waals surface area contributed by atoms with Crippen LogP contribution in [0.5, 0.6) is 0 Å². The second kappa shape index (κ2) is 2.91. The Morgan fingerprint density at radius 2 is 2.31 bits per heavy atom. The van der Waals surface area contributed by atoms with Crippen molar-refractivity contribution in [3.8, 4) is 0 Å². The first-order valence-electron chi connectivity index (χ1n) is 4.89. The summed E-state index contributed by atoms with van der Waals surface area (Å²) in [4.78, 5) is 2.18. The molecule has 0 unspecified atom stereocenters. The van der Waals surface area contributed by atoms with Gasteiger partial charge in [0.25, 0.3) is 0 Å². The van der Waals surface area contributed by atoms with Crippen molar-refractivity contribution >= 4 is 0 Å². The van der Waals surface area contributed by atoms with Crippen LogP contribution in [-0.4, -0.2) is 34.8 Å². The molecule has 1 N–H and O–H groups in total. The lowest BCUT2D eigenvalue weighted by Crippen LogP contribution is -2.54. The van der Waals surface area contributed by atoms with Crippen molar-refractivity contribution in [1.82, 2.24) is 4.90 Å². The van der Waals surface area contributed by atoms with Crippen LogP contribution in [0.4, 0.5) is 0 Å². The summed E-state index contributed by atoms with van der Waals surface area (Å²) in [5.41, 5.74) is -0.456. The highest BCUT2D eigenvalue weighted by molar-refractivity contribution is 5.02. The summed E-state index contributed by atoms with van der Waals surface area (Å²) in [6.07, 6.45) is 2.75. The van der Waals surface area contributed by atoms with E-state index in [0.717, 1.165) is 38.3 Å². The van der Waals surface area contributed by atoms with Gasteiger partial charge < -0.3 is 14.7 Å². The van der Waals surface area contributed by atoms with Crippen molar-refractivity contribution in [2.24, 2.45) is 0 Å². The molecule has 0 aromatic heterocycles. The van der Waals surface area contributed by atoms with Gasteiger partial charge in [0.2, 0.25) is 0 Å². The van der Waals surface area contributed by atoms with Gasteiger partial charge in [0, 0.05) is 12.6 Å². The molecule has 1 aliphatic carbocycles.